The molecule has 0 atom stereocenters. The maximum absolute atomic E-state index is 12.3. The quantitative estimate of drug-likeness (QED) is 0.784. The number of sulfonamides is 1. The topological polar surface area (TPSA) is 83.6 Å². The second-order valence-electron chi connectivity index (χ2n) is 5.28. The van der Waals surface area contributed by atoms with Gasteiger partial charge in [-0.15, -0.1) is 0 Å². The van der Waals surface area contributed by atoms with Crippen LogP contribution in [-0.4, -0.2) is 38.2 Å². The molecule has 0 fully saturated rings. The van der Waals surface area contributed by atoms with Gasteiger partial charge in [-0.3, -0.25) is 14.5 Å². The van der Waals surface area contributed by atoms with E-state index >= 15 is 0 Å². The van der Waals surface area contributed by atoms with Gasteiger partial charge in [0.15, 0.2) is 0 Å². The summed E-state index contributed by atoms with van der Waals surface area (Å²) in [6.07, 6.45) is 0. The summed E-state index contributed by atoms with van der Waals surface area (Å²) in [7, 11) is -3.84. The number of amides is 2. The molecule has 25 heavy (non-hydrogen) atoms. The van der Waals surface area contributed by atoms with Gasteiger partial charge in [-0.2, -0.15) is 0 Å². The fourth-order valence-corrected chi connectivity index (χ4v) is 4.21. The predicted molar refractivity (Wildman–Crippen MR) is 93.5 cm³/mol. The van der Waals surface area contributed by atoms with E-state index in [1.807, 2.05) is 0 Å². The van der Waals surface area contributed by atoms with Gasteiger partial charge in [-0.05, 0) is 30.3 Å². The van der Waals surface area contributed by atoms with Gasteiger partial charge in [0.25, 0.3) is 11.8 Å². The van der Waals surface area contributed by atoms with E-state index in [0.717, 1.165) is 4.90 Å². The van der Waals surface area contributed by atoms with Gasteiger partial charge in [0.05, 0.1) is 16.1 Å². The van der Waals surface area contributed by atoms with Gasteiger partial charge < -0.3 is 0 Å². The standard InChI is InChI=1S/C16H12Cl2N2O4S/c17-10-5-6-11-12(9-10)16(22)20(15(11)21)8-7-19-25(23,24)14-4-2-1-3-13(14)18/h1-6,9,19H,7-8H2. The Hall–Kier alpha value is -1.93. The number of benzene rings is 2. The molecule has 1 aliphatic rings. The molecule has 0 aliphatic carbocycles. The van der Waals surface area contributed by atoms with Crippen LogP contribution in [0.4, 0.5) is 0 Å². The maximum atomic E-state index is 12.3. The van der Waals surface area contributed by atoms with Crippen LogP contribution in [0.3, 0.4) is 0 Å². The van der Waals surface area contributed by atoms with Gasteiger partial charge in [0.1, 0.15) is 4.90 Å². The molecule has 0 saturated heterocycles. The molecule has 1 N–H and O–H groups in total. The summed E-state index contributed by atoms with van der Waals surface area (Å²) in [5.74, 6) is -0.979. The summed E-state index contributed by atoms with van der Waals surface area (Å²) in [5.41, 5.74) is 0.467. The highest BCUT2D eigenvalue weighted by molar-refractivity contribution is 7.89. The molecule has 2 aromatic rings. The molecule has 0 aromatic heterocycles. The Bertz CT molecular complexity index is 976. The highest BCUT2D eigenvalue weighted by atomic mass is 35.5. The first-order valence-corrected chi connectivity index (χ1v) is 9.45. The van der Waals surface area contributed by atoms with Gasteiger partial charge in [-0.1, -0.05) is 35.3 Å². The number of imide groups is 1. The fourth-order valence-electron chi connectivity index (χ4n) is 2.50. The molecule has 2 aromatic carbocycles. The lowest BCUT2D eigenvalue weighted by atomic mass is 10.1. The van der Waals surface area contributed by atoms with Crippen LogP contribution >= 0.6 is 23.2 Å². The molecule has 0 unspecified atom stereocenters. The lowest BCUT2D eigenvalue weighted by Crippen LogP contribution is -2.38. The number of carbonyl (C=O) groups excluding carboxylic acids is 2. The molecule has 130 valence electrons. The van der Waals surface area contributed by atoms with Crippen molar-refractivity contribution >= 4 is 45.0 Å². The van der Waals surface area contributed by atoms with E-state index in [2.05, 4.69) is 4.72 Å². The fraction of sp³-hybridized carbons (Fsp3) is 0.125. The van der Waals surface area contributed by atoms with Crippen molar-refractivity contribution in [1.82, 2.24) is 9.62 Å². The van der Waals surface area contributed by atoms with Crippen LogP contribution in [0.25, 0.3) is 0 Å². The first-order chi connectivity index (χ1) is 11.8. The Balaban J connectivity index is 1.70. The van der Waals surface area contributed by atoms with E-state index < -0.39 is 21.8 Å². The van der Waals surface area contributed by atoms with Crippen molar-refractivity contribution in [2.75, 3.05) is 13.1 Å². The minimum atomic E-state index is -3.84. The molecular formula is C16H12Cl2N2O4S. The normalized spacial score (nSPS) is 14.1. The van der Waals surface area contributed by atoms with Gasteiger partial charge in [0.2, 0.25) is 10.0 Å². The molecule has 3 rings (SSSR count). The first kappa shape index (κ1) is 17.9. The Morgan fingerprint density at radius 2 is 1.64 bits per heavy atom. The molecule has 0 saturated carbocycles. The highest BCUT2D eigenvalue weighted by Crippen LogP contribution is 2.25. The number of hydrogen-bond acceptors (Lipinski definition) is 4. The van der Waals surface area contributed by atoms with Crippen molar-refractivity contribution in [3.05, 3.63) is 63.6 Å². The van der Waals surface area contributed by atoms with Gasteiger partial charge in [-0.25, -0.2) is 13.1 Å². The second kappa shape index (κ2) is 6.76. The van der Waals surface area contributed by atoms with Crippen molar-refractivity contribution in [1.29, 1.82) is 0 Å². The second-order valence-corrected chi connectivity index (χ2v) is 7.86. The summed E-state index contributed by atoms with van der Waals surface area (Å²) in [5, 5.41) is 0.437. The third-order valence-electron chi connectivity index (χ3n) is 3.69. The molecule has 0 bridgehead atoms. The van der Waals surface area contributed by atoms with Crippen LogP contribution in [0.2, 0.25) is 10.0 Å². The van der Waals surface area contributed by atoms with Crippen molar-refractivity contribution in [2.45, 2.75) is 4.90 Å². The monoisotopic (exact) mass is 398 g/mol. The Kier molecular flexibility index (Phi) is 4.83. The van der Waals surface area contributed by atoms with Crippen molar-refractivity contribution < 1.29 is 18.0 Å². The molecule has 1 heterocycles. The van der Waals surface area contributed by atoms with Crippen LogP contribution in [0.1, 0.15) is 20.7 Å². The lowest BCUT2D eigenvalue weighted by Gasteiger charge is -2.14. The minimum Gasteiger partial charge on any atom is -0.273 e. The Morgan fingerprint density at radius 1 is 0.960 bits per heavy atom. The average molecular weight is 399 g/mol. The number of nitrogens with zero attached hydrogens (tertiary/aromatic N) is 1. The summed E-state index contributed by atoms with van der Waals surface area (Å²) in [4.78, 5) is 25.5. The van der Waals surface area contributed by atoms with Crippen LogP contribution in [0, 0.1) is 0 Å². The van der Waals surface area contributed by atoms with Crippen LogP contribution < -0.4 is 4.72 Å². The number of nitrogens with one attached hydrogen (secondary N) is 1. The SMILES string of the molecule is O=C1c2ccc(Cl)cc2C(=O)N1CCNS(=O)(=O)c1ccccc1Cl. The average Bonchev–Trinajstić information content (AvgIpc) is 2.79. The lowest BCUT2D eigenvalue weighted by molar-refractivity contribution is 0.0657. The van der Waals surface area contributed by atoms with Crippen molar-refractivity contribution in [3.8, 4) is 0 Å². The van der Waals surface area contributed by atoms with E-state index in [1.165, 1.54) is 30.3 Å². The predicted octanol–water partition coefficient (Wildman–Crippen LogP) is 2.57. The maximum Gasteiger partial charge on any atom is 0.261 e. The zero-order valence-electron chi connectivity index (χ0n) is 12.7. The van der Waals surface area contributed by atoms with E-state index in [4.69, 9.17) is 23.2 Å². The third-order valence-corrected chi connectivity index (χ3v) is 5.88. The zero-order valence-corrected chi connectivity index (χ0v) is 15.0. The molecule has 0 spiro atoms. The number of hydrogen-bond donors (Lipinski definition) is 1. The van der Waals surface area contributed by atoms with E-state index in [9.17, 15) is 18.0 Å². The molecule has 0 radical (unpaired) electrons. The van der Waals surface area contributed by atoms with Crippen LogP contribution in [-0.2, 0) is 10.0 Å². The van der Waals surface area contributed by atoms with E-state index in [1.54, 1.807) is 12.1 Å². The summed E-state index contributed by atoms with van der Waals surface area (Å²) in [6, 6.07) is 10.4. The number of rotatable bonds is 5. The third kappa shape index (κ3) is 3.41. The first-order valence-electron chi connectivity index (χ1n) is 7.21. The smallest absolute Gasteiger partial charge is 0.261 e. The number of halogens is 2. The Morgan fingerprint density at radius 3 is 2.36 bits per heavy atom. The number of carbonyl (C=O) groups is 2. The minimum absolute atomic E-state index is 0.0641. The highest BCUT2D eigenvalue weighted by Gasteiger charge is 2.35. The summed E-state index contributed by atoms with van der Waals surface area (Å²) in [6.45, 7) is -0.236. The van der Waals surface area contributed by atoms with Crippen molar-refractivity contribution in [2.24, 2.45) is 0 Å². The van der Waals surface area contributed by atoms with Gasteiger partial charge >= 0.3 is 0 Å². The number of fused-ring (bicyclic) bond motifs is 1. The largest absolute Gasteiger partial charge is 0.273 e. The zero-order chi connectivity index (χ0) is 18.2. The Labute approximate surface area is 154 Å². The van der Waals surface area contributed by atoms with Crippen LogP contribution in [0.15, 0.2) is 47.4 Å². The molecule has 9 heteroatoms. The molecule has 6 nitrogen and oxygen atoms in total. The van der Waals surface area contributed by atoms with Gasteiger partial charge in [0, 0.05) is 18.1 Å². The summed E-state index contributed by atoms with van der Waals surface area (Å²) < 4.78 is 26.8. The van der Waals surface area contributed by atoms with Crippen molar-refractivity contribution in [3.63, 3.8) is 0 Å². The molecular weight excluding hydrogens is 387 g/mol. The molecule has 2 amide bonds. The van der Waals surface area contributed by atoms with E-state index in [-0.39, 0.29) is 34.1 Å². The van der Waals surface area contributed by atoms with E-state index in [0.29, 0.717) is 5.02 Å². The van der Waals surface area contributed by atoms with Crippen LogP contribution in [0.5, 0.6) is 0 Å². The molecule has 1 aliphatic heterocycles. The summed E-state index contributed by atoms with van der Waals surface area (Å²) >= 11 is 11.7.